The summed E-state index contributed by atoms with van der Waals surface area (Å²) in [6, 6.07) is 15.9. The fraction of sp³-hybridized carbons (Fsp3) is 0.476. The number of nitrogens with one attached hydrogen (secondary N) is 4. The first kappa shape index (κ1) is 44.5. The number of Topliss-reactive ketones (excluding diaryl/α,β-unsaturated/α-hetero) is 2. The van der Waals surface area contributed by atoms with Gasteiger partial charge in [-0.1, -0.05) is 72.5 Å². The first-order valence-corrected chi connectivity index (χ1v) is 18.2. The van der Waals surface area contributed by atoms with Gasteiger partial charge in [0.05, 0.1) is 0 Å². The molecule has 2 rings (SSSR count). The highest BCUT2D eigenvalue weighted by Gasteiger charge is 2.27. The maximum absolute atomic E-state index is 13.0. The predicted molar refractivity (Wildman–Crippen MR) is 206 cm³/mol. The van der Waals surface area contributed by atoms with E-state index < -0.39 is 41.4 Å². The summed E-state index contributed by atoms with van der Waals surface area (Å²) in [5, 5.41) is 10.8. The fourth-order valence-electron chi connectivity index (χ4n) is 4.83. The van der Waals surface area contributed by atoms with Crippen LogP contribution < -0.4 is 21.3 Å². The van der Waals surface area contributed by atoms with Crippen LogP contribution in [0.4, 0.5) is 9.59 Å². The molecule has 2 aromatic carbocycles. The zero-order valence-corrected chi connectivity index (χ0v) is 32.3. The van der Waals surface area contributed by atoms with Crippen LogP contribution in [0.15, 0.2) is 60.7 Å². The predicted octanol–water partition coefficient (Wildman–Crippen LogP) is 6.02. The van der Waals surface area contributed by atoms with Gasteiger partial charge in [-0.3, -0.25) is 19.2 Å². The minimum atomic E-state index is -0.944. The Morgan fingerprint density at radius 1 is 0.593 bits per heavy atom. The number of hydrogen-bond donors (Lipinski definition) is 4. The molecule has 0 unspecified atom stereocenters. The maximum Gasteiger partial charge on any atom is 0.408 e. The molecule has 12 heteroatoms. The Bertz CT molecular complexity index is 1550. The highest BCUT2D eigenvalue weighted by atomic mass is 16.6. The summed E-state index contributed by atoms with van der Waals surface area (Å²) in [6.07, 6.45) is 0.931. The second-order valence-corrected chi connectivity index (χ2v) is 14.4. The Morgan fingerprint density at radius 3 is 1.59 bits per heavy atom. The van der Waals surface area contributed by atoms with Crippen LogP contribution in [0.3, 0.4) is 0 Å². The Hall–Kier alpha value is -5.62. The summed E-state index contributed by atoms with van der Waals surface area (Å²) >= 11 is 0. The Kier molecular flexibility index (Phi) is 19.1. The van der Waals surface area contributed by atoms with Gasteiger partial charge in [0.2, 0.25) is 11.8 Å². The van der Waals surface area contributed by atoms with Gasteiger partial charge in [-0.05, 0) is 77.4 Å². The summed E-state index contributed by atoms with van der Waals surface area (Å²) < 4.78 is 10.6. The first-order chi connectivity index (χ1) is 25.5. The molecule has 0 heterocycles. The summed E-state index contributed by atoms with van der Waals surface area (Å²) in [5.74, 6) is 10.3. The van der Waals surface area contributed by atoms with Crippen molar-refractivity contribution in [1.82, 2.24) is 21.3 Å². The molecule has 0 saturated carbocycles. The highest BCUT2D eigenvalue weighted by molar-refractivity contribution is 5.89. The van der Waals surface area contributed by atoms with Crippen molar-refractivity contribution in [3.8, 4) is 23.7 Å². The Morgan fingerprint density at radius 2 is 1.06 bits per heavy atom. The highest BCUT2D eigenvalue weighted by Crippen LogP contribution is 2.18. The summed E-state index contributed by atoms with van der Waals surface area (Å²) in [5.41, 5.74) is -0.171. The van der Waals surface area contributed by atoms with E-state index in [1.807, 2.05) is 12.1 Å². The van der Waals surface area contributed by atoms with Crippen LogP contribution in [0.2, 0.25) is 0 Å². The molecule has 0 radical (unpaired) electrons. The van der Waals surface area contributed by atoms with Gasteiger partial charge < -0.3 is 30.7 Å². The van der Waals surface area contributed by atoms with E-state index in [0.717, 1.165) is 0 Å². The van der Waals surface area contributed by atoms with Gasteiger partial charge >= 0.3 is 12.2 Å². The molecule has 0 bridgehead atoms. The van der Waals surface area contributed by atoms with Gasteiger partial charge in [0, 0.05) is 51.6 Å². The molecule has 0 spiro atoms. The Balaban J connectivity index is 1.64. The van der Waals surface area contributed by atoms with Crippen molar-refractivity contribution < 1.29 is 38.2 Å². The second kappa shape index (κ2) is 23.1. The number of amides is 4. The van der Waals surface area contributed by atoms with Crippen molar-refractivity contribution in [3.63, 3.8) is 0 Å². The standard InChI is InChI=1S/C42H54N4O8/c1-41(2,3)53-39(51)45-36(31-21-13-11-14-22-31)34(48)27-20-29-43-35(49)28-18-10-8-7-9-17-25-33(47)26-19-30-44-38(50)37(32-23-15-12-16-24-32)46-40(52)54-42(4,5)6/h11-16,21-24,36-37H,17-20,25-30H2,1-6H3,(H,43,49)(H,44,50)(H,45,51)(H,46,52)/t36-,37-/m0/s1. The van der Waals surface area contributed by atoms with E-state index in [2.05, 4.69) is 44.9 Å². The molecule has 0 aliphatic carbocycles. The van der Waals surface area contributed by atoms with E-state index in [-0.39, 0.29) is 49.7 Å². The van der Waals surface area contributed by atoms with Gasteiger partial charge in [-0.2, -0.15) is 0 Å². The Labute approximate surface area is 319 Å². The lowest BCUT2D eigenvalue weighted by Gasteiger charge is -2.23. The second-order valence-electron chi connectivity index (χ2n) is 14.4. The van der Waals surface area contributed by atoms with E-state index in [0.29, 0.717) is 43.4 Å². The molecule has 54 heavy (non-hydrogen) atoms. The number of rotatable bonds is 18. The number of hydrogen-bond acceptors (Lipinski definition) is 8. The number of carbonyl (C=O) groups excluding carboxylic acids is 6. The van der Waals surface area contributed by atoms with Crippen molar-refractivity contribution in [2.45, 2.75) is 116 Å². The number of ether oxygens (including phenoxy) is 2. The van der Waals surface area contributed by atoms with Gasteiger partial charge in [0.15, 0.2) is 5.78 Å². The van der Waals surface area contributed by atoms with Crippen molar-refractivity contribution in [2.24, 2.45) is 0 Å². The lowest BCUT2D eigenvalue weighted by molar-refractivity contribution is -0.124. The average molecular weight is 743 g/mol. The topological polar surface area (TPSA) is 169 Å². The smallest absolute Gasteiger partial charge is 0.408 e. The third kappa shape index (κ3) is 19.8. The molecule has 4 amide bonds. The van der Waals surface area contributed by atoms with E-state index in [1.165, 1.54) is 0 Å². The largest absolute Gasteiger partial charge is 0.444 e. The number of alkyl carbamates (subject to hydrolysis) is 2. The van der Waals surface area contributed by atoms with Crippen LogP contribution in [0.25, 0.3) is 0 Å². The maximum atomic E-state index is 13.0. The monoisotopic (exact) mass is 742 g/mol. The third-order valence-electron chi connectivity index (χ3n) is 7.27. The molecule has 2 aromatic rings. The summed E-state index contributed by atoms with van der Waals surface area (Å²) in [4.78, 5) is 75.1. The van der Waals surface area contributed by atoms with E-state index in [1.54, 1.807) is 90.1 Å². The number of benzene rings is 2. The van der Waals surface area contributed by atoms with Crippen molar-refractivity contribution in [3.05, 3.63) is 71.8 Å². The van der Waals surface area contributed by atoms with Crippen molar-refractivity contribution in [2.75, 3.05) is 13.1 Å². The average Bonchev–Trinajstić information content (AvgIpc) is 3.10. The molecule has 2 atom stereocenters. The quantitative estimate of drug-likeness (QED) is 0.106. The van der Waals surface area contributed by atoms with Gasteiger partial charge in [-0.25, -0.2) is 9.59 Å². The van der Waals surface area contributed by atoms with Crippen LogP contribution in [0.5, 0.6) is 0 Å². The van der Waals surface area contributed by atoms with Gasteiger partial charge in [0.25, 0.3) is 0 Å². The minimum absolute atomic E-state index is 0.00580. The normalized spacial score (nSPS) is 11.9. The zero-order valence-electron chi connectivity index (χ0n) is 32.3. The fourth-order valence-corrected chi connectivity index (χ4v) is 4.83. The zero-order chi connectivity index (χ0) is 40.0. The van der Waals surface area contributed by atoms with E-state index >= 15 is 0 Å². The van der Waals surface area contributed by atoms with E-state index in [9.17, 15) is 28.8 Å². The van der Waals surface area contributed by atoms with Gasteiger partial charge in [-0.15, -0.1) is 0 Å². The van der Waals surface area contributed by atoms with Crippen LogP contribution in [-0.2, 0) is 28.7 Å². The SMILES string of the molecule is CC(C)(C)OC(=O)N[C@H](C(=O)CCCNC(=O)CCC#CC#CCCC(=O)CCCNC(=O)[C@@H](NC(=O)OC(C)(C)C)c1ccccc1)c1ccccc1. The molecule has 12 nitrogen and oxygen atoms in total. The molecule has 290 valence electrons. The molecule has 0 aliphatic heterocycles. The first-order valence-electron chi connectivity index (χ1n) is 18.2. The van der Waals surface area contributed by atoms with Crippen LogP contribution in [0.1, 0.15) is 116 Å². The van der Waals surface area contributed by atoms with Crippen LogP contribution in [-0.4, -0.2) is 59.9 Å². The lowest BCUT2D eigenvalue weighted by atomic mass is 9.99. The molecule has 0 aromatic heterocycles. The number of ketones is 2. The molecular weight excluding hydrogens is 688 g/mol. The van der Waals surface area contributed by atoms with Crippen LogP contribution in [0, 0.1) is 23.7 Å². The molecule has 0 fully saturated rings. The molecular formula is C42H54N4O8. The van der Waals surface area contributed by atoms with Crippen LogP contribution >= 0.6 is 0 Å². The van der Waals surface area contributed by atoms with Crippen molar-refractivity contribution in [1.29, 1.82) is 0 Å². The van der Waals surface area contributed by atoms with Gasteiger partial charge in [0.1, 0.15) is 29.1 Å². The molecule has 0 saturated heterocycles. The van der Waals surface area contributed by atoms with Crippen molar-refractivity contribution >= 4 is 35.6 Å². The minimum Gasteiger partial charge on any atom is -0.444 e. The third-order valence-corrected chi connectivity index (χ3v) is 7.27. The van der Waals surface area contributed by atoms with E-state index in [4.69, 9.17) is 9.47 Å². The molecule has 0 aliphatic rings. The molecule has 4 N–H and O–H groups in total. The summed E-state index contributed by atoms with van der Waals surface area (Å²) in [6.45, 7) is 11.0. The summed E-state index contributed by atoms with van der Waals surface area (Å²) in [7, 11) is 0. The number of carbonyl (C=O) groups is 6. The lowest BCUT2D eigenvalue weighted by Crippen LogP contribution is -2.42.